The van der Waals surface area contributed by atoms with E-state index in [1.54, 1.807) is 20.8 Å². The van der Waals surface area contributed by atoms with Crippen molar-refractivity contribution in [3.63, 3.8) is 0 Å². The summed E-state index contributed by atoms with van der Waals surface area (Å²) in [5, 5.41) is 5.29. The zero-order valence-electron chi connectivity index (χ0n) is 12.6. The molecule has 0 spiro atoms. The zero-order chi connectivity index (χ0) is 17.0. The number of halogens is 3. The third kappa shape index (κ3) is 4.13. The molecule has 0 radical (unpaired) electrons. The molecular formula is C15H18F3N3O. The highest BCUT2D eigenvalue weighted by Crippen LogP contribution is 2.29. The summed E-state index contributed by atoms with van der Waals surface area (Å²) in [5.41, 5.74) is -1.58. The lowest BCUT2D eigenvalue weighted by molar-refractivity contribution is -0.0320. The SMILES string of the molecule is C#CC(C)(C)NC(=O)c1ccc(C(F)(F)CF)nc1NCC. The van der Waals surface area contributed by atoms with Crippen molar-refractivity contribution in [1.29, 1.82) is 0 Å². The molecule has 0 aliphatic rings. The lowest BCUT2D eigenvalue weighted by atomic mass is 10.1. The number of pyridine rings is 1. The standard InChI is InChI=1S/C15H18F3N3O/c1-5-14(3,4)21-13(22)10-7-8-11(15(17,18)9-16)20-12(10)19-6-2/h1,7-8H,6,9H2,2-4H3,(H,19,20)(H,21,22). The minimum absolute atomic E-state index is 0.0431. The van der Waals surface area contributed by atoms with Crippen LogP contribution >= 0.6 is 0 Å². The van der Waals surface area contributed by atoms with Gasteiger partial charge in [0.2, 0.25) is 0 Å². The largest absolute Gasteiger partial charge is 0.370 e. The first kappa shape index (κ1) is 17.8. The van der Waals surface area contributed by atoms with E-state index in [1.807, 2.05) is 0 Å². The van der Waals surface area contributed by atoms with Crippen LogP contribution in [0.1, 0.15) is 36.8 Å². The fraction of sp³-hybridized carbons (Fsp3) is 0.467. The Labute approximate surface area is 127 Å². The highest BCUT2D eigenvalue weighted by atomic mass is 19.3. The first-order valence-corrected chi connectivity index (χ1v) is 6.66. The number of anilines is 1. The number of nitrogens with zero attached hydrogens (tertiary/aromatic N) is 1. The molecule has 2 N–H and O–H groups in total. The Bertz CT molecular complexity index is 594. The first-order chi connectivity index (χ1) is 10.2. The smallest absolute Gasteiger partial charge is 0.317 e. The highest BCUT2D eigenvalue weighted by Gasteiger charge is 2.34. The number of amides is 1. The van der Waals surface area contributed by atoms with E-state index in [1.165, 1.54) is 6.07 Å². The fourth-order valence-electron chi connectivity index (χ4n) is 1.60. The second kappa shape index (κ2) is 6.69. The van der Waals surface area contributed by atoms with E-state index in [9.17, 15) is 18.0 Å². The van der Waals surface area contributed by atoms with E-state index >= 15 is 0 Å². The molecule has 0 saturated heterocycles. The van der Waals surface area contributed by atoms with Gasteiger partial charge in [0, 0.05) is 6.54 Å². The quantitative estimate of drug-likeness (QED) is 0.794. The van der Waals surface area contributed by atoms with Crippen LogP contribution in [0, 0.1) is 12.3 Å². The van der Waals surface area contributed by atoms with E-state index in [-0.39, 0.29) is 11.4 Å². The van der Waals surface area contributed by atoms with Gasteiger partial charge in [0.05, 0.1) is 11.1 Å². The molecular weight excluding hydrogens is 295 g/mol. The summed E-state index contributed by atoms with van der Waals surface area (Å²) in [5.74, 6) is -1.90. The zero-order valence-corrected chi connectivity index (χ0v) is 12.6. The Morgan fingerprint density at radius 1 is 1.41 bits per heavy atom. The van der Waals surface area contributed by atoms with E-state index in [4.69, 9.17) is 6.42 Å². The molecule has 1 rings (SSSR count). The monoisotopic (exact) mass is 313 g/mol. The van der Waals surface area contributed by atoms with Gasteiger partial charge in [-0.3, -0.25) is 4.79 Å². The Morgan fingerprint density at radius 2 is 2.05 bits per heavy atom. The van der Waals surface area contributed by atoms with Gasteiger partial charge in [0.15, 0.2) is 6.67 Å². The number of nitrogens with one attached hydrogen (secondary N) is 2. The summed E-state index contributed by atoms with van der Waals surface area (Å²) in [7, 11) is 0. The number of aromatic nitrogens is 1. The molecule has 22 heavy (non-hydrogen) atoms. The van der Waals surface area contributed by atoms with Crippen LogP contribution in [0.2, 0.25) is 0 Å². The van der Waals surface area contributed by atoms with Gasteiger partial charge >= 0.3 is 5.92 Å². The number of rotatable bonds is 6. The molecule has 0 bridgehead atoms. The topological polar surface area (TPSA) is 54.0 Å². The third-order valence-corrected chi connectivity index (χ3v) is 2.81. The number of terminal acetylenes is 1. The summed E-state index contributed by atoms with van der Waals surface area (Å²) in [6, 6.07) is 2.10. The summed E-state index contributed by atoms with van der Waals surface area (Å²) < 4.78 is 39.1. The molecule has 0 aromatic carbocycles. The highest BCUT2D eigenvalue weighted by molar-refractivity contribution is 5.99. The molecule has 0 saturated carbocycles. The molecule has 1 aromatic rings. The van der Waals surface area contributed by atoms with Crippen molar-refractivity contribution in [3.8, 4) is 12.3 Å². The molecule has 0 atom stereocenters. The Hall–Kier alpha value is -2.23. The second-order valence-electron chi connectivity index (χ2n) is 5.18. The number of hydrogen-bond acceptors (Lipinski definition) is 3. The molecule has 0 unspecified atom stereocenters. The molecule has 0 aliphatic heterocycles. The van der Waals surface area contributed by atoms with Gasteiger partial charge in [-0.15, -0.1) is 6.42 Å². The molecule has 1 heterocycles. The third-order valence-electron chi connectivity index (χ3n) is 2.81. The number of hydrogen-bond donors (Lipinski definition) is 2. The number of carbonyl (C=O) groups excluding carboxylic acids is 1. The molecule has 1 amide bonds. The Balaban J connectivity index is 3.21. The Morgan fingerprint density at radius 3 is 2.55 bits per heavy atom. The second-order valence-corrected chi connectivity index (χ2v) is 5.18. The van der Waals surface area contributed by atoms with Crippen LogP contribution in [0.25, 0.3) is 0 Å². The molecule has 0 aliphatic carbocycles. The van der Waals surface area contributed by atoms with Crippen molar-refractivity contribution in [2.24, 2.45) is 0 Å². The van der Waals surface area contributed by atoms with E-state index < -0.39 is 29.7 Å². The van der Waals surface area contributed by atoms with Crippen molar-refractivity contribution >= 4 is 11.7 Å². The van der Waals surface area contributed by atoms with E-state index in [0.29, 0.717) is 6.54 Å². The van der Waals surface area contributed by atoms with E-state index in [2.05, 4.69) is 21.5 Å². The van der Waals surface area contributed by atoms with Crippen LogP contribution in [0.4, 0.5) is 19.0 Å². The van der Waals surface area contributed by atoms with Crippen LogP contribution in [0.3, 0.4) is 0 Å². The van der Waals surface area contributed by atoms with Crippen LogP contribution in [-0.2, 0) is 5.92 Å². The summed E-state index contributed by atoms with van der Waals surface area (Å²) in [6.07, 6.45) is 5.29. The van der Waals surface area contributed by atoms with Gasteiger partial charge < -0.3 is 10.6 Å². The molecule has 1 aromatic heterocycles. The average molecular weight is 313 g/mol. The van der Waals surface area contributed by atoms with Crippen LogP contribution < -0.4 is 10.6 Å². The van der Waals surface area contributed by atoms with Crippen molar-refractivity contribution in [1.82, 2.24) is 10.3 Å². The first-order valence-electron chi connectivity index (χ1n) is 6.66. The number of carbonyl (C=O) groups is 1. The molecule has 7 heteroatoms. The molecule has 0 fully saturated rings. The van der Waals surface area contributed by atoms with Crippen molar-refractivity contribution in [2.75, 3.05) is 18.5 Å². The van der Waals surface area contributed by atoms with Crippen molar-refractivity contribution < 1.29 is 18.0 Å². The lowest BCUT2D eigenvalue weighted by Crippen LogP contribution is -2.42. The fourth-order valence-corrected chi connectivity index (χ4v) is 1.60. The predicted molar refractivity (Wildman–Crippen MR) is 78.6 cm³/mol. The van der Waals surface area contributed by atoms with Crippen molar-refractivity contribution in [2.45, 2.75) is 32.2 Å². The number of alkyl halides is 3. The van der Waals surface area contributed by atoms with Gasteiger partial charge in [-0.05, 0) is 32.9 Å². The lowest BCUT2D eigenvalue weighted by Gasteiger charge is -2.21. The maximum atomic E-state index is 13.4. The van der Waals surface area contributed by atoms with Gasteiger partial charge in [-0.25, -0.2) is 9.37 Å². The normalized spacial score (nSPS) is 11.7. The van der Waals surface area contributed by atoms with Gasteiger partial charge in [0.25, 0.3) is 5.91 Å². The molecule has 4 nitrogen and oxygen atoms in total. The summed E-state index contributed by atoms with van der Waals surface area (Å²) in [6.45, 7) is 3.46. The Kier molecular flexibility index (Phi) is 5.42. The van der Waals surface area contributed by atoms with Crippen LogP contribution in [0.15, 0.2) is 12.1 Å². The molecule has 120 valence electrons. The van der Waals surface area contributed by atoms with Gasteiger partial charge in [0.1, 0.15) is 11.5 Å². The van der Waals surface area contributed by atoms with E-state index in [0.717, 1.165) is 6.07 Å². The summed E-state index contributed by atoms with van der Waals surface area (Å²) in [4.78, 5) is 15.9. The minimum Gasteiger partial charge on any atom is -0.370 e. The van der Waals surface area contributed by atoms with Crippen LogP contribution in [0.5, 0.6) is 0 Å². The average Bonchev–Trinajstić information content (AvgIpc) is 2.47. The summed E-state index contributed by atoms with van der Waals surface area (Å²) >= 11 is 0. The maximum absolute atomic E-state index is 13.4. The predicted octanol–water partition coefficient (Wildman–Crippen LogP) is 2.72. The van der Waals surface area contributed by atoms with Crippen molar-refractivity contribution in [3.05, 3.63) is 23.4 Å². The van der Waals surface area contributed by atoms with Crippen LogP contribution in [-0.4, -0.2) is 29.6 Å². The minimum atomic E-state index is -3.70. The van der Waals surface area contributed by atoms with Gasteiger partial charge in [-0.2, -0.15) is 8.78 Å². The maximum Gasteiger partial charge on any atom is 0.317 e. The van der Waals surface area contributed by atoms with Gasteiger partial charge in [-0.1, -0.05) is 5.92 Å².